The molecule has 1 fully saturated rings. The van der Waals surface area contributed by atoms with E-state index in [9.17, 15) is 0 Å². The van der Waals surface area contributed by atoms with Crippen molar-refractivity contribution in [1.29, 1.82) is 0 Å². The van der Waals surface area contributed by atoms with Crippen LogP contribution in [0.15, 0.2) is 4.47 Å². The second-order valence-corrected chi connectivity index (χ2v) is 5.75. The number of rotatable bonds is 3. The molecule has 2 rings (SSSR count). The Bertz CT molecular complexity index is 378. The summed E-state index contributed by atoms with van der Waals surface area (Å²) in [6.45, 7) is 5.60. The average Bonchev–Trinajstić information content (AvgIpc) is 2.78. The first kappa shape index (κ1) is 12.1. The summed E-state index contributed by atoms with van der Waals surface area (Å²) in [7, 11) is 2.04. The van der Waals surface area contributed by atoms with Crippen LogP contribution in [0.4, 0.5) is 0 Å². The van der Waals surface area contributed by atoms with Crippen LogP contribution in [0.5, 0.6) is 0 Å². The normalized spacial score (nSPS) is 25.2. The number of hydrogen-bond acceptors (Lipinski definition) is 2. The van der Waals surface area contributed by atoms with Crippen molar-refractivity contribution >= 4 is 15.9 Å². The Balaban J connectivity index is 2.23. The van der Waals surface area contributed by atoms with E-state index in [4.69, 9.17) is 0 Å². The fourth-order valence-electron chi connectivity index (χ4n) is 2.49. The predicted molar refractivity (Wildman–Crippen MR) is 69.6 cm³/mol. The van der Waals surface area contributed by atoms with Gasteiger partial charge in [-0.3, -0.25) is 4.68 Å². The van der Waals surface area contributed by atoms with E-state index in [-0.39, 0.29) is 5.54 Å². The van der Waals surface area contributed by atoms with Crippen LogP contribution in [0, 0.1) is 0 Å². The number of aryl methyl sites for hydroxylation is 2. The molecule has 0 saturated carbocycles. The molecule has 1 aromatic rings. The Morgan fingerprint density at radius 2 is 2.31 bits per heavy atom. The van der Waals surface area contributed by atoms with Crippen molar-refractivity contribution in [3.8, 4) is 0 Å². The average molecular weight is 286 g/mol. The van der Waals surface area contributed by atoms with Crippen molar-refractivity contribution < 1.29 is 0 Å². The van der Waals surface area contributed by atoms with Crippen LogP contribution in [0.3, 0.4) is 0 Å². The van der Waals surface area contributed by atoms with Crippen molar-refractivity contribution in [3.63, 3.8) is 0 Å². The summed E-state index contributed by atoms with van der Waals surface area (Å²) in [6.07, 6.45) is 4.58. The highest BCUT2D eigenvalue weighted by atomic mass is 79.9. The van der Waals surface area contributed by atoms with Crippen molar-refractivity contribution in [1.82, 2.24) is 15.1 Å². The third-order valence-corrected chi connectivity index (χ3v) is 4.43. The molecule has 2 heterocycles. The molecule has 0 bridgehead atoms. The second-order valence-electron chi connectivity index (χ2n) is 4.95. The van der Waals surface area contributed by atoms with Crippen LogP contribution in [0.25, 0.3) is 0 Å². The number of halogens is 1. The molecule has 0 radical (unpaired) electrons. The van der Waals surface area contributed by atoms with E-state index >= 15 is 0 Å². The largest absolute Gasteiger partial charge is 0.311 e. The monoisotopic (exact) mass is 285 g/mol. The molecule has 0 spiro atoms. The van der Waals surface area contributed by atoms with E-state index in [1.54, 1.807) is 0 Å². The first-order valence-electron chi connectivity index (χ1n) is 6.01. The zero-order valence-electron chi connectivity index (χ0n) is 10.3. The van der Waals surface area contributed by atoms with Gasteiger partial charge in [-0.2, -0.15) is 5.10 Å². The molecular formula is C12H20BrN3. The van der Waals surface area contributed by atoms with Gasteiger partial charge >= 0.3 is 0 Å². The molecule has 1 N–H and O–H groups in total. The maximum Gasteiger partial charge on any atom is 0.0766 e. The van der Waals surface area contributed by atoms with Crippen molar-refractivity contribution in [2.24, 2.45) is 7.05 Å². The maximum absolute atomic E-state index is 4.54. The lowest BCUT2D eigenvalue weighted by Gasteiger charge is -2.24. The van der Waals surface area contributed by atoms with Crippen molar-refractivity contribution in [3.05, 3.63) is 15.9 Å². The molecule has 90 valence electrons. The van der Waals surface area contributed by atoms with Crippen LogP contribution in [-0.4, -0.2) is 21.9 Å². The third-order valence-electron chi connectivity index (χ3n) is 3.52. The topological polar surface area (TPSA) is 29.9 Å². The van der Waals surface area contributed by atoms with Crippen LogP contribution in [-0.2, 0) is 19.9 Å². The molecule has 16 heavy (non-hydrogen) atoms. The minimum Gasteiger partial charge on any atom is -0.311 e. The van der Waals surface area contributed by atoms with Gasteiger partial charge in [-0.1, -0.05) is 6.92 Å². The molecular weight excluding hydrogens is 266 g/mol. The fraction of sp³-hybridized carbons (Fsp3) is 0.750. The quantitative estimate of drug-likeness (QED) is 0.925. The number of nitrogens with one attached hydrogen (secondary N) is 1. The molecule has 1 aliphatic rings. The summed E-state index contributed by atoms with van der Waals surface area (Å²) in [5.74, 6) is 0. The maximum atomic E-state index is 4.54. The molecule has 0 aromatic carbocycles. The van der Waals surface area contributed by atoms with Crippen molar-refractivity contribution in [2.75, 3.05) is 6.54 Å². The van der Waals surface area contributed by atoms with Crippen LogP contribution in [0.2, 0.25) is 0 Å². The lowest BCUT2D eigenvalue weighted by atomic mass is 9.94. The Labute approximate surface area is 106 Å². The lowest BCUT2D eigenvalue weighted by Crippen LogP contribution is -2.39. The first-order chi connectivity index (χ1) is 7.56. The van der Waals surface area contributed by atoms with Gasteiger partial charge in [0.1, 0.15) is 0 Å². The molecule has 0 aliphatic carbocycles. The van der Waals surface area contributed by atoms with Gasteiger partial charge in [-0.05, 0) is 48.7 Å². The SMILES string of the molecule is CCc1nn(C)c(CC2(C)CCCN2)c1Br. The van der Waals surface area contributed by atoms with E-state index in [2.05, 4.69) is 40.2 Å². The van der Waals surface area contributed by atoms with E-state index in [1.165, 1.54) is 28.7 Å². The minimum absolute atomic E-state index is 0.251. The highest BCUT2D eigenvalue weighted by Crippen LogP contribution is 2.29. The molecule has 0 amide bonds. The Hall–Kier alpha value is -0.350. The zero-order chi connectivity index (χ0) is 11.8. The van der Waals surface area contributed by atoms with Crippen LogP contribution >= 0.6 is 15.9 Å². The molecule has 1 aliphatic heterocycles. The zero-order valence-corrected chi connectivity index (χ0v) is 11.9. The minimum atomic E-state index is 0.251. The molecule has 3 nitrogen and oxygen atoms in total. The van der Waals surface area contributed by atoms with Gasteiger partial charge in [0, 0.05) is 19.0 Å². The summed E-state index contributed by atoms with van der Waals surface area (Å²) in [5.41, 5.74) is 2.73. The Morgan fingerprint density at radius 3 is 2.81 bits per heavy atom. The summed E-state index contributed by atoms with van der Waals surface area (Å²) in [6, 6.07) is 0. The summed E-state index contributed by atoms with van der Waals surface area (Å²) in [5, 5.41) is 8.15. The molecule has 4 heteroatoms. The molecule has 1 unspecified atom stereocenters. The van der Waals surface area contributed by atoms with E-state index in [0.29, 0.717) is 0 Å². The standard InChI is InChI=1S/C12H20BrN3/c1-4-9-11(13)10(16(3)15-9)8-12(2)6-5-7-14-12/h14H,4-8H2,1-3H3. The van der Waals surface area contributed by atoms with Gasteiger partial charge in [0.15, 0.2) is 0 Å². The smallest absolute Gasteiger partial charge is 0.0766 e. The van der Waals surface area contributed by atoms with Crippen molar-refractivity contribution in [2.45, 2.75) is 45.1 Å². The molecule has 1 atom stereocenters. The Morgan fingerprint density at radius 1 is 1.56 bits per heavy atom. The van der Waals surface area contributed by atoms with Gasteiger partial charge in [-0.25, -0.2) is 0 Å². The van der Waals surface area contributed by atoms with E-state index in [0.717, 1.165) is 19.4 Å². The predicted octanol–water partition coefficient (Wildman–Crippen LogP) is 2.43. The highest BCUT2D eigenvalue weighted by molar-refractivity contribution is 9.10. The lowest BCUT2D eigenvalue weighted by molar-refractivity contribution is 0.400. The second kappa shape index (κ2) is 4.49. The summed E-state index contributed by atoms with van der Waals surface area (Å²) < 4.78 is 3.22. The van der Waals surface area contributed by atoms with E-state index in [1.807, 2.05) is 11.7 Å². The molecule has 1 aromatic heterocycles. The van der Waals surface area contributed by atoms with Gasteiger partial charge in [0.05, 0.1) is 15.9 Å². The highest BCUT2D eigenvalue weighted by Gasteiger charge is 2.30. The summed E-state index contributed by atoms with van der Waals surface area (Å²) in [4.78, 5) is 0. The first-order valence-corrected chi connectivity index (χ1v) is 6.80. The van der Waals surface area contributed by atoms with Crippen LogP contribution in [0.1, 0.15) is 38.1 Å². The molecule has 1 saturated heterocycles. The van der Waals surface area contributed by atoms with Gasteiger partial charge in [0.25, 0.3) is 0 Å². The fourth-order valence-corrected chi connectivity index (χ4v) is 3.25. The number of aromatic nitrogens is 2. The summed E-state index contributed by atoms with van der Waals surface area (Å²) >= 11 is 3.68. The third kappa shape index (κ3) is 2.18. The number of nitrogens with zero attached hydrogens (tertiary/aromatic N) is 2. The van der Waals surface area contributed by atoms with E-state index < -0.39 is 0 Å². The number of hydrogen-bond donors (Lipinski definition) is 1. The Kier molecular flexibility index (Phi) is 3.40. The van der Waals surface area contributed by atoms with Gasteiger partial charge < -0.3 is 5.32 Å². The van der Waals surface area contributed by atoms with Crippen LogP contribution < -0.4 is 5.32 Å². The van der Waals surface area contributed by atoms with Gasteiger partial charge in [-0.15, -0.1) is 0 Å². The van der Waals surface area contributed by atoms with Gasteiger partial charge in [0.2, 0.25) is 0 Å².